The summed E-state index contributed by atoms with van der Waals surface area (Å²) < 4.78 is 4.07. The Hall–Kier alpha value is 0.318. The average molecular weight is 286 g/mol. The number of ether oxygens (including phenoxy) is 1. The summed E-state index contributed by atoms with van der Waals surface area (Å²) in [5.41, 5.74) is 0. The van der Waals surface area contributed by atoms with Gasteiger partial charge in [0.05, 0.1) is 6.61 Å². The number of aldehydes is 1. The van der Waals surface area contributed by atoms with Crippen LogP contribution < -0.4 is 0 Å². The van der Waals surface area contributed by atoms with Crippen LogP contribution in [0.25, 0.3) is 0 Å². The number of hydrogen-bond donors (Lipinski definition) is 0. The summed E-state index contributed by atoms with van der Waals surface area (Å²) in [6.45, 7) is 5.10. The fraction of sp³-hybridized carbons (Fsp3) is 0.400. The number of carbonyl (C=O) groups excluding carboxylic acids is 1. The first-order valence-electron chi connectivity index (χ1n) is 1.93. The van der Waals surface area contributed by atoms with Gasteiger partial charge in [-0.2, -0.15) is 6.92 Å². The number of rotatable bonds is 2. The Labute approximate surface area is 64.9 Å². The summed E-state index contributed by atoms with van der Waals surface area (Å²) in [5, 5.41) is 0. The molecule has 0 aliphatic heterocycles. The minimum atomic E-state index is 0. The molecule has 0 N–H and O–H groups in total. The largest absolute Gasteiger partial charge is 2.00 e. The van der Waals surface area contributed by atoms with Crippen molar-refractivity contribution in [1.82, 2.24) is 0 Å². The molecule has 0 bridgehead atoms. The van der Waals surface area contributed by atoms with E-state index >= 15 is 0 Å². The summed E-state index contributed by atoms with van der Waals surface area (Å²) in [4.78, 5) is 9.24. The minimum absolute atomic E-state index is 0. The van der Waals surface area contributed by atoms with E-state index in [0.29, 0.717) is 6.29 Å². The van der Waals surface area contributed by atoms with Gasteiger partial charge in [0, 0.05) is 0 Å². The molecule has 0 heterocycles. The van der Waals surface area contributed by atoms with Crippen molar-refractivity contribution in [2.45, 2.75) is 6.92 Å². The molecular weight excluding hydrogens is 276 g/mol. The molecule has 0 spiro atoms. The second-order valence-corrected chi connectivity index (χ2v) is 0.537. The molecule has 48 valence electrons. The van der Waals surface area contributed by atoms with Gasteiger partial charge < -0.3 is 16.5 Å². The maximum absolute atomic E-state index is 9.24. The zero-order valence-electron chi connectivity index (χ0n) is 4.92. The molecule has 0 aliphatic rings. The van der Waals surface area contributed by atoms with Gasteiger partial charge in [-0.3, -0.25) is 0 Å². The topological polar surface area (TPSA) is 26.3 Å². The van der Waals surface area contributed by atoms with Crippen LogP contribution >= 0.6 is 0 Å². The Morgan fingerprint density at radius 3 is 2.00 bits per heavy atom. The van der Waals surface area contributed by atoms with E-state index in [2.05, 4.69) is 18.8 Å². The predicted molar refractivity (Wildman–Crippen MR) is 28.4 cm³/mol. The molecule has 3 heteroatoms. The molecule has 0 aliphatic carbocycles. The monoisotopic (exact) mass is 286 g/mol. The van der Waals surface area contributed by atoms with Crippen LogP contribution in [0.5, 0.6) is 0 Å². The van der Waals surface area contributed by atoms with Crippen LogP contribution in [0.2, 0.25) is 0 Å². The molecule has 0 saturated carbocycles. The molecule has 0 saturated heterocycles. The van der Waals surface area contributed by atoms with Crippen molar-refractivity contribution in [3.8, 4) is 0 Å². The third-order valence-electron chi connectivity index (χ3n) is 0.186. The van der Waals surface area contributed by atoms with E-state index in [4.69, 9.17) is 0 Å². The number of carbonyl (C=O) groups is 1. The Bertz CT molecular complexity index is 31.6. The Morgan fingerprint density at radius 2 is 2.00 bits per heavy atom. The van der Waals surface area contributed by atoms with Gasteiger partial charge in [-0.1, -0.05) is 0 Å². The summed E-state index contributed by atoms with van der Waals surface area (Å²) in [6.07, 6.45) is 0.646. The van der Waals surface area contributed by atoms with E-state index in [1.165, 1.54) is 0 Å². The molecule has 0 aromatic carbocycles. The predicted octanol–water partition coefficient (Wildman–Crippen LogP) is 0.831. The molecule has 0 rings (SSSR count). The van der Waals surface area contributed by atoms with E-state index in [1.807, 2.05) is 0 Å². The first-order chi connectivity index (χ1) is 3.41. The van der Waals surface area contributed by atoms with Crippen LogP contribution in [0.1, 0.15) is 6.92 Å². The summed E-state index contributed by atoms with van der Waals surface area (Å²) in [5.74, 6) is 0. The molecule has 0 amide bonds. The van der Waals surface area contributed by atoms with Crippen molar-refractivity contribution in [2.75, 3.05) is 6.61 Å². The van der Waals surface area contributed by atoms with Gasteiger partial charge in [-0.25, -0.2) is 7.11 Å². The normalized spacial score (nSPS) is 5.38. The Kier molecular flexibility index (Phi) is 52.2. The van der Waals surface area contributed by atoms with Crippen LogP contribution in [0, 0.1) is 14.0 Å². The zero-order chi connectivity index (χ0) is 6.12. The van der Waals surface area contributed by atoms with Crippen LogP contribution in [0.4, 0.5) is 0 Å². The molecule has 0 radical (unpaired) electrons. The van der Waals surface area contributed by atoms with Crippen molar-refractivity contribution in [1.29, 1.82) is 0 Å². The molecule has 0 fully saturated rings. The second kappa shape index (κ2) is 26.5. The fourth-order valence-electron chi connectivity index (χ4n) is 0.0481. The van der Waals surface area contributed by atoms with Gasteiger partial charge in [0.2, 0.25) is 0 Å². The summed E-state index contributed by atoms with van der Waals surface area (Å²) in [6, 6.07) is 0. The smallest absolute Gasteiger partial charge is 0.550 e. The standard InChI is InChI=1S/C3H5O2.C2H5.W/c1-5-3-2-4;1-2;/h2H,1,3H2;1H2,2H3;/q2*-1;+2. The van der Waals surface area contributed by atoms with E-state index in [0.717, 1.165) is 0 Å². The number of hydrogen-bond acceptors (Lipinski definition) is 2. The van der Waals surface area contributed by atoms with E-state index < -0.39 is 0 Å². The van der Waals surface area contributed by atoms with E-state index in [-0.39, 0.29) is 27.7 Å². The average Bonchev–Trinajstić information content (AvgIpc) is 1.75. The SMILES string of the molecule is [CH2-]C.[CH2-]OCC=O.[W+2]. The zero-order valence-corrected chi connectivity index (χ0v) is 7.86. The minimum Gasteiger partial charge on any atom is -0.550 e. The molecular formula is C5H10O2W. The third-order valence-corrected chi connectivity index (χ3v) is 0.186. The summed E-state index contributed by atoms with van der Waals surface area (Å²) >= 11 is 0. The van der Waals surface area contributed by atoms with Crippen LogP contribution in [-0.2, 0) is 30.6 Å². The van der Waals surface area contributed by atoms with Gasteiger partial charge in [0.25, 0.3) is 0 Å². The maximum Gasteiger partial charge on any atom is 2.00 e. The van der Waals surface area contributed by atoms with Crippen molar-refractivity contribution >= 4 is 6.29 Å². The van der Waals surface area contributed by atoms with Gasteiger partial charge in [0.1, 0.15) is 6.29 Å². The van der Waals surface area contributed by atoms with Gasteiger partial charge in [-0.05, 0) is 0 Å². The maximum atomic E-state index is 9.24. The summed E-state index contributed by atoms with van der Waals surface area (Å²) in [7, 11) is 2.94. The molecule has 0 unspecified atom stereocenters. The van der Waals surface area contributed by atoms with Gasteiger partial charge in [-0.15, -0.1) is 0 Å². The van der Waals surface area contributed by atoms with Crippen molar-refractivity contribution < 1.29 is 30.6 Å². The van der Waals surface area contributed by atoms with Crippen molar-refractivity contribution in [3.63, 3.8) is 0 Å². The van der Waals surface area contributed by atoms with Gasteiger partial charge >= 0.3 is 21.1 Å². The van der Waals surface area contributed by atoms with E-state index in [1.54, 1.807) is 6.92 Å². The van der Waals surface area contributed by atoms with E-state index in [9.17, 15) is 4.79 Å². The van der Waals surface area contributed by atoms with Crippen LogP contribution in [0.3, 0.4) is 0 Å². The quantitative estimate of drug-likeness (QED) is 0.555. The van der Waals surface area contributed by atoms with Crippen LogP contribution in [-0.4, -0.2) is 12.9 Å². The van der Waals surface area contributed by atoms with Crippen molar-refractivity contribution in [2.24, 2.45) is 0 Å². The first kappa shape index (κ1) is 15.8. The molecule has 0 atom stereocenters. The van der Waals surface area contributed by atoms with Crippen molar-refractivity contribution in [3.05, 3.63) is 14.0 Å². The molecule has 2 nitrogen and oxygen atoms in total. The third kappa shape index (κ3) is 33.3. The molecule has 8 heavy (non-hydrogen) atoms. The molecule has 0 aromatic rings. The van der Waals surface area contributed by atoms with Crippen LogP contribution in [0.15, 0.2) is 0 Å². The first-order valence-corrected chi connectivity index (χ1v) is 1.93. The Morgan fingerprint density at radius 1 is 1.62 bits per heavy atom. The molecule has 0 aromatic heterocycles. The Balaban J connectivity index is -0.0000000750. The second-order valence-electron chi connectivity index (χ2n) is 0.537. The van der Waals surface area contributed by atoms with Gasteiger partial charge in [0.15, 0.2) is 0 Å². The fourth-order valence-corrected chi connectivity index (χ4v) is 0.0481.